The van der Waals surface area contributed by atoms with Crippen LogP contribution in [0.5, 0.6) is 0 Å². The van der Waals surface area contributed by atoms with Gasteiger partial charge in [0.05, 0.1) is 0 Å². The zero-order valence-corrected chi connectivity index (χ0v) is 13.3. The highest BCUT2D eigenvalue weighted by Gasteiger charge is 2.53. The van der Waals surface area contributed by atoms with Crippen molar-refractivity contribution in [2.24, 2.45) is 16.3 Å². The molecule has 4 nitrogen and oxygen atoms in total. The van der Waals surface area contributed by atoms with Crippen LogP contribution in [-0.2, 0) is 6.42 Å². The van der Waals surface area contributed by atoms with E-state index in [1.165, 1.54) is 31.2 Å². The third-order valence-electron chi connectivity index (χ3n) is 4.66. The van der Waals surface area contributed by atoms with E-state index in [0.29, 0.717) is 10.6 Å². The van der Waals surface area contributed by atoms with Crippen LogP contribution < -0.4 is 10.6 Å². The first kappa shape index (κ1) is 14.6. The fourth-order valence-corrected chi connectivity index (χ4v) is 3.06. The van der Waals surface area contributed by atoms with Gasteiger partial charge in [0.1, 0.15) is 5.15 Å². The summed E-state index contributed by atoms with van der Waals surface area (Å²) >= 11 is 5.78. The third-order valence-corrected chi connectivity index (χ3v) is 4.89. The van der Waals surface area contributed by atoms with E-state index in [9.17, 15) is 0 Å². The topological polar surface area (TPSA) is 49.3 Å². The summed E-state index contributed by atoms with van der Waals surface area (Å²) in [7, 11) is 1.83. The first-order chi connectivity index (χ1) is 10.2. The molecule has 3 rings (SSSR count). The van der Waals surface area contributed by atoms with Gasteiger partial charge in [-0.1, -0.05) is 17.7 Å². The molecule has 21 heavy (non-hydrogen) atoms. The molecule has 2 N–H and O–H groups in total. The second-order valence-corrected chi connectivity index (χ2v) is 6.62. The summed E-state index contributed by atoms with van der Waals surface area (Å²) in [6.07, 6.45) is 8.37. The quantitative estimate of drug-likeness (QED) is 0.482. The van der Waals surface area contributed by atoms with Gasteiger partial charge in [-0.2, -0.15) is 0 Å². The largest absolute Gasteiger partial charge is 0.356 e. The molecular formula is C16H23ClN4. The number of guanidine groups is 1. The van der Waals surface area contributed by atoms with Crippen molar-refractivity contribution in [2.75, 3.05) is 20.1 Å². The molecule has 2 fully saturated rings. The standard InChI is InChI=1S/C16H23ClN4/c1-18-15(21-11-16(7-8-16)13-3-4-13)19-9-6-12-2-5-14(17)20-10-12/h2,5,10,13H,3-4,6-9,11H2,1H3,(H2,18,19,21). The SMILES string of the molecule is CN=C(NCCc1ccc(Cl)nc1)NCC1(C2CC2)CC1. The maximum Gasteiger partial charge on any atom is 0.191 e. The van der Waals surface area contributed by atoms with Gasteiger partial charge in [0.2, 0.25) is 0 Å². The molecule has 1 aromatic heterocycles. The van der Waals surface area contributed by atoms with Crippen LogP contribution in [0.15, 0.2) is 23.3 Å². The number of aliphatic imine (C=N–C) groups is 1. The average molecular weight is 307 g/mol. The molecule has 0 aromatic carbocycles. The first-order valence-corrected chi connectivity index (χ1v) is 8.15. The van der Waals surface area contributed by atoms with Crippen molar-refractivity contribution in [2.45, 2.75) is 32.1 Å². The van der Waals surface area contributed by atoms with E-state index in [-0.39, 0.29) is 0 Å². The second-order valence-electron chi connectivity index (χ2n) is 6.23. The number of nitrogens with zero attached hydrogens (tertiary/aromatic N) is 2. The van der Waals surface area contributed by atoms with Crippen LogP contribution in [0.4, 0.5) is 0 Å². The molecule has 2 aliphatic carbocycles. The van der Waals surface area contributed by atoms with Gasteiger partial charge in [0.25, 0.3) is 0 Å². The van der Waals surface area contributed by atoms with E-state index in [0.717, 1.165) is 31.4 Å². The molecule has 2 saturated carbocycles. The van der Waals surface area contributed by atoms with Crippen molar-refractivity contribution in [3.8, 4) is 0 Å². The monoisotopic (exact) mass is 306 g/mol. The molecule has 0 aliphatic heterocycles. The highest BCUT2D eigenvalue weighted by atomic mass is 35.5. The summed E-state index contributed by atoms with van der Waals surface area (Å²) in [5, 5.41) is 7.40. The van der Waals surface area contributed by atoms with Crippen LogP contribution in [0.1, 0.15) is 31.2 Å². The van der Waals surface area contributed by atoms with Crippen molar-refractivity contribution in [1.82, 2.24) is 15.6 Å². The van der Waals surface area contributed by atoms with E-state index < -0.39 is 0 Å². The Morgan fingerprint density at radius 1 is 1.38 bits per heavy atom. The average Bonchev–Trinajstić information content (AvgIpc) is 3.38. The molecule has 1 heterocycles. The van der Waals surface area contributed by atoms with Gasteiger partial charge in [-0.15, -0.1) is 0 Å². The lowest BCUT2D eigenvalue weighted by Gasteiger charge is -2.18. The maximum atomic E-state index is 5.78. The van der Waals surface area contributed by atoms with E-state index in [2.05, 4.69) is 20.6 Å². The number of rotatable bonds is 6. The van der Waals surface area contributed by atoms with E-state index in [4.69, 9.17) is 11.6 Å². The van der Waals surface area contributed by atoms with Gasteiger partial charge in [-0.3, -0.25) is 4.99 Å². The van der Waals surface area contributed by atoms with Crippen molar-refractivity contribution < 1.29 is 0 Å². The Morgan fingerprint density at radius 3 is 2.76 bits per heavy atom. The lowest BCUT2D eigenvalue weighted by Crippen LogP contribution is -2.41. The minimum atomic E-state index is 0.541. The maximum absolute atomic E-state index is 5.78. The summed E-state index contributed by atoms with van der Waals surface area (Å²) in [6.45, 7) is 1.92. The summed E-state index contributed by atoms with van der Waals surface area (Å²) in [6, 6.07) is 3.84. The lowest BCUT2D eigenvalue weighted by atomic mass is 10.0. The smallest absolute Gasteiger partial charge is 0.191 e. The Bertz CT molecular complexity index is 504. The molecule has 0 saturated heterocycles. The van der Waals surface area contributed by atoms with Crippen molar-refractivity contribution in [3.05, 3.63) is 29.0 Å². The Hall–Kier alpha value is -1.29. The Labute approximate surface area is 131 Å². The van der Waals surface area contributed by atoms with Crippen LogP contribution in [-0.4, -0.2) is 31.1 Å². The Balaban J connectivity index is 1.39. The summed E-state index contributed by atoms with van der Waals surface area (Å²) < 4.78 is 0. The molecule has 0 radical (unpaired) electrons. The zero-order valence-electron chi connectivity index (χ0n) is 12.5. The number of hydrogen-bond donors (Lipinski definition) is 2. The van der Waals surface area contributed by atoms with Crippen molar-refractivity contribution in [1.29, 1.82) is 0 Å². The van der Waals surface area contributed by atoms with Crippen LogP contribution in [0.2, 0.25) is 5.15 Å². The first-order valence-electron chi connectivity index (χ1n) is 7.77. The molecule has 0 amide bonds. The van der Waals surface area contributed by atoms with Crippen LogP contribution >= 0.6 is 11.6 Å². The normalized spacial score (nSPS) is 20.2. The predicted octanol–water partition coefficient (Wildman–Crippen LogP) is 2.63. The summed E-state index contributed by atoms with van der Waals surface area (Å²) in [5.41, 5.74) is 1.77. The molecule has 0 unspecified atom stereocenters. The lowest BCUT2D eigenvalue weighted by molar-refractivity contribution is 0.431. The number of halogens is 1. The minimum Gasteiger partial charge on any atom is -0.356 e. The summed E-state index contributed by atoms with van der Waals surface area (Å²) in [5.74, 6) is 1.88. The molecular weight excluding hydrogens is 284 g/mol. The third kappa shape index (κ3) is 3.88. The van der Waals surface area contributed by atoms with Gasteiger partial charge in [-0.05, 0) is 55.1 Å². The minimum absolute atomic E-state index is 0.541. The predicted molar refractivity (Wildman–Crippen MR) is 86.7 cm³/mol. The number of nitrogens with one attached hydrogen (secondary N) is 2. The van der Waals surface area contributed by atoms with Gasteiger partial charge in [0.15, 0.2) is 5.96 Å². The fraction of sp³-hybridized carbons (Fsp3) is 0.625. The molecule has 5 heteroatoms. The molecule has 0 atom stereocenters. The van der Waals surface area contributed by atoms with Gasteiger partial charge in [-0.25, -0.2) is 4.98 Å². The second kappa shape index (κ2) is 6.22. The van der Waals surface area contributed by atoms with E-state index in [1.807, 2.05) is 25.4 Å². The fourth-order valence-electron chi connectivity index (χ4n) is 2.95. The van der Waals surface area contributed by atoms with E-state index in [1.54, 1.807) is 0 Å². The highest BCUT2D eigenvalue weighted by molar-refractivity contribution is 6.29. The van der Waals surface area contributed by atoms with Crippen molar-refractivity contribution in [3.63, 3.8) is 0 Å². The number of aromatic nitrogens is 1. The van der Waals surface area contributed by atoms with Crippen molar-refractivity contribution >= 4 is 17.6 Å². The van der Waals surface area contributed by atoms with Crippen LogP contribution in [0.25, 0.3) is 0 Å². The Kier molecular flexibility index (Phi) is 4.34. The summed E-state index contributed by atoms with van der Waals surface area (Å²) in [4.78, 5) is 8.39. The molecule has 2 aliphatic rings. The zero-order chi connectivity index (χ0) is 14.7. The molecule has 1 aromatic rings. The molecule has 0 bridgehead atoms. The molecule has 114 valence electrons. The Morgan fingerprint density at radius 2 is 2.19 bits per heavy atom. The number of hydrogen-bond acceptors (Lipinski definition) is 2. The molecule has 0 spiro atoms. The van der Waals surface area contributed by atoms with Gasteiger partial charge >= 0.3 is 0 Å². The van der Waals surface area contributed by atoms with Crippen LogP contribution in [0.3, 0.4) is 0 Å². The van der Waals surface area contributed by atoms with Crippen LogP contribution in [0, 0.1) is 11.3 Å². The van der Waals surface area contributed by atoms with Gasteiger partial charge < -0.3 is 10.6 Å². The van der Waals surface area contributed by atoms with Gasteiger partial charge in [0, 0.05) is 26.3 Å². The number of pyridine rings is 1. The van der Waals surface area contributed by atoms with E-state index >= 15 is 0 Å². The highest BCUT2D eigenvalue weighted by Crippen LogP contribution is 2.60.